The van der Waals surface area contributed by atoms with Gasteiger partial charge in [-0.25, -0.2) is 4.79 Å². The van der Waals surface area contributed by atoms with Crippen LogP contribution < -0.4 is 10.6 Å². The second kappa shape index (κ2) is 8.95. The molecule has 1 fully saturated rings. The van der Waals surface area contributed by atoms with E-state index in [0.717, 1.165) is 24.2 Å². The zero-order chi connectivity index (χ0) is 19.9. The van der Waals surface area contributed by atoms with E-state index >= 15 is 0 Å². The van der Waals surface area contributed by atoms with Crippen molar-refractivity contribution in [2.45, 2.75) is 45.3 Å². The van der Waals surface area contributed by atoms with Gasteiger partial charge in [-0.2, -0.15) is 10.5 Å². The number of amides is 1. The summed E-state index contributed by atoms with van der Waals surface area (Å²) in [6.45, 7) is 6.91. The zero-order valence-corrected chi connectivity index (χ0v) is 16.0. The van der Waals surface area contributed by atoms with Gasteiger partial charge in [0.1, 0.15) is 23.3 Å². The number of benzene rings is 1. The highest BCUT2D eigenvalue weighted by Crippen LogP contribution is 2.20. The standard InChI is InChI=1S/C20H25N5O2/c1-20(2,3)27-19(26)25-10-4-5-18(14-25)24-17-8-6-16(7-9-17)23-13-15(11-21)12-22/h6-9,13,18,23-24H,4-5,10,14H2,1-3H3. The molecule has 0 radical (unpaired) electrons. The smallest absolute Gasteiger partial charge is 0.410 e. The second-order valence-corrected chi connectivity index (χ2v) is 7.41. The van der Waals surface area contributed by atoms with Crippen LogP contribution in [0.3, 0.4) is 0 Å². The number of nitrogens with one attached hydrogen (secondary N) is 2. The van der Waals surface area contributed by atoms with Gasteiger partial charge in [-0.15, -0.1) is 0 Å². The molecule has 1 heterocycles. The summed E-state index contributed by atoms with van der Waals surface area (Å²) in [5, 5.41) is 23.8. The van der Waals surface area contributed by atoms with E-state index in [1.807, 2.05) is 45.0 Å². The van der Waals surface area contributed by atoms with E-state index in [2.05, 4.69) is 10.6 Å². The van der Waals surface area contributed by atoms with E-state index in [9.17, 15) is 4.79 Å². The molecule has 27 heavy (non-hydrogen) atoms. The second-order valence-electron chi connectivity index (χ2n) is 7.41. The number of allylic oxidation sites excluding steroid dienone is 1. The van der Waals surface area contributed by atoms with E-state index in [-0.39, 0.29) is 17.7 Å². The molecule has 142 valence electrons. The lowest BCUT2D eigenvalue weighted by Crippen LogP contribution is -2.46. The number of hydrogen-bond donors (Lipinski definition) is 2. The third-order valence-corrected chi connectivity index (χ3v) is 3.95. The Kier molecular flexibility index (Phi) is 6.67. The van der Waals surface area contributed by atoms with Crippen molar-refractivity contribution in [1.82, 2.24) is 4.90 Å². The number of ether oxygens (including phenoxy) is 1. The molecule has 0 bridgehead atoms. The predicted molar refractivity (Wildman–Crippen MR) is 104 cm³/mol. The quantitative estimate of drug-likeness (QED) is 0.784. The van der Waals surface area contributed by atoms with Crippen molar-refractivity contribution < 1.29 is 9.53 Å². The first-order valence-corrected chi connectivity index (χ1v) is 8.92. The van der Waals surface area contributed by atoms with Crippen LogP contribution in [0.4, 0.5) is 16.2 Å². The SMILES string of the molecule is CC(C)(C)OC(=O)N1CCCC(Nc2ccc(NC=C(C#N)C#N)cc2)C1. The molecule has 1 unspecified atom stereocenters. The van der Waals surface area contributed by atoms with Gasteiger partial charge in [-0.05, 0) is 57.9 Å². The minimum atomic E-state index is -0.494. The molecule has 0 saturated carbocycles. The molecular weight excluding hydrogens is 342 g/mol. The molecule has 2 N–H and O–H groups in total. The summed E-state index contributed by atoms with van der Waals surface area (Å²) in [5.41, 5.74) is 1.25. The minimum absolute atomic E-state index is 0.0154. The van der Waals surface area contributed by atoms with Crippen molar-refractivity contribution in [1.29, 1.82) is 10.5 Å². The highest BCUT2D eigenvalue weighted by Gasteiger charge is 2.27. The number of rotatable bonds is 4. The number of hydrogen-bond acceptors (Lipinski definition) is 6. The Morgan fingerprint density at radius 1 is 1.22 bits per heavy atom. The van der Waals surface area contributed by atoms with Gasteiger partial charge in [0.05, 0.1) is 0 Å². The Bertz CT molecular complexity index is 750. The lowest BCUT2D eigenvalue weighted by molar-refractivity contribution is 0.0206. The van der Waals surface area contributed by atoms with Crippen LogP contribution >= 0.6 is 0 Å². The number of likely N-dealkylation sites (tertiary alicyclic amines) is 1. The molecule has 1 aliphatic heterocycles. The van der Waals surface area contributed by atoms with Crippen molar-refractivity contribution in [3.05, 3.63) is 36.0 Å². The Labute approximate surface area is 160 Å². The van der Waals surface area contributed by atoms with Crippen LogP contribution in [0.5, 0.6) is 0 Å². The molecule has 1 aliphatic rings. The summed E-state index contributed by atoms with van der Waals surface area (Å²) in [6.07, 6.45) is 3.01. The number of nitriles is 2. The van der Waals surface area contributed by atoms with Crippen molar-refractivity contribution >= 4 is 17.5 Å². The van der Waals surface area contributed by atoms with Gasteiger partial charge in [0.25, 0.3) is 0 Å². The lowest BCUT2D eigenvalue weighted by Gasteiger charge is -2.34. The largest absolute Gasteiger partial charge is 0.444 e. The van der Waals surface area contributed by atoms with Crippen LogP contribution in [-0.4, -0.2) is 35.7 Å². The highest BCUT2D eigenvalue weighted by molar-refractivity contribution is 5.68. The average Bonchev–Trinajstić information content (AvgIpc) is 2.63. The third kappa shape index (κ3) is 6.56. The Balaban J connectivity index is 1.91. The molecule has 1 aromatic rings. The van der Waals surface area contributed by atoms with Crippen LogP contribution in [-0.2, 0) is 4.74 Å². The molecule has 7 heteroatoms. The fourth-order valence-electron chi connectivity index (χ4n) is 2.73. The lowest BCUT2D eigenvalue weighted by atomic mass is 10.1. The molecular formula is C20H25N5O2. The molecule has 1 aromatic carbocycles. The summed E-state index contributed by atoms with van der Waals surface area (Å²) in [7, 11) is 0. The van der Waals surface area contributed by atoms with Gasteiger partial charge in [-0.3, -0.25) is 0 Å². The number of piperidine rings is 1. The molecule has 0 spiro atoms. The van der Waals surface area contributed by atoms with Gasteiger partial charge in [-0.1, -0.05) is 0 Å². The van der Waals surface area contributed by atoms with Gasteiger partial charge in [0.15, 0.2) is 0 Å². The fraction of sp³-hybridized carbons (Fsp3) is 0.450. The first-order valence-electron chi connectivity index (χ1n) is 8.92. The predicted octanol–water partition coefficient (Wildman–Crippen LogP) is 3.84. The van der Waals surface area contributed by atoms with Gasteiger partial charge in [0, 0.05) is 36.7 Å². The summed E-state index contributed by atoms with van der Waals surface area (Å²) in [5.74, 6) is 0. The van der Waals surface area contributed by atoms with Gasteiger partial charge < -0.3 is 20.3 Å². The molecule has 2 rings (SSSR count). The maximum atomic E-state index is 12.2. The molecule has 1 saturated heterocycles. The summed E-state index contributed by atoms with van der Waals surface area (Å²) in [4.78, 5) is 14.0. The molecule has 0 aliphatic carbocycles. The van der Waals surface area contributed by atoms with Crippen molar-refractivity contribution in [3.8, 4) is 12.1 Å². The van der Waals surface area contributed by atoms with Crippen molar-refractivity contribution in [3.63, 3.8) is 0 Å². The van der Waals surface area contributed by atoms with Crippen LogP contribution in [0.1, 0.15) is 33.6 Å². The van der Waals surface area contributed by atoms with Crippen LogP contribution in [0.25, 0.3) is 0 Å². The number of nitrogens with zero attached hydrogens (tertiary/aromatic N) is 3. The van der Waals surface area contributed by atoms with Gasteiger partial charge >= 0.3 is 6.09 Å². The molecule has 0 aromatic heterocycles. The van der Waals surface area contributed by atoms with E-state index in [4.69, 9.17) is 15.3 Å². The Morgan fingerprint density at radius 3 is 2.44 bits per heavy atom. The fourth-order valence-corrected chi connectivity index (χ4v) is 2.73. The monoisotopic (exact) mass is 367 g/mol. The summed E-state index contributed by atoms with van der Waals surface area (Å²) in [6, 6.07) is 11.3. The van der Waals surface area contributed by atoms with E-state index in [0.29, 0.717) is 13.1 Å². The van der Waals surface area contributed by atoms with Gasteiger partial charge in [0.2, 0.25) is 0 Å². The summed E-state index contributed by atoms with van der Waals surface area (Å²) < 4.78 is 5.46. The Morgan fingerprint density at radius 2 is 1.85 bits per heavy atom. The van der Waals surface area contributed by atoms with Crippen LogP contribution in [0.15, 0.2) is 36.0 Å². The van der Waals surface area contributed by atoms with Crippen molar-refractivity contribution in [2.24, 2.45) is 0 Å². The topological polar surface area (TPSA) is 101 Å². The minimum Gasteiger partial charge on any atom is -0.444 e. The van der Waals surface area contributed by atoms with Crippen LogP contribution in [0.2, 0.25) is 0 Å². The number of carbonyl (C=O) groups excluding carboxylic acids is 1. The normalized spacial score (nSPS) is 16.5. The highest BCUT2D eigenvalue weighted by atomic mass is 16.6. The average molecular weight is 367 g/mol. The first-order chi connectivity index (χ1) is 12.8. The zero-order valence-electron chi connectivity index (χ0n) is 16.0. The van der Waals surface area contributed by atoms with Crippen LogP contribution in [0, 0.1) is 22.7 Å². The summed E-state index contributed by atoms with van der Waals surface area (Å²) >= 11 is 0. The Hall–Kier alpha value is -3.19. The molecule has 1 amide bonds. The maximum absolute atomic E-state index is 12.2. The third-order valence-electron chi connectivity index (χ3n) is 3.95. The van der Waals surface area contributed by atoms with E-state index in [1.165, 1.54) is 6.20 Å². The molecule has 7 nitrogen and oxygen atoms in total. The maximum Gasteiger partial charge on any atom is 0.410 e. The molecule has 1 atom stereocenters. The number of anilines is 2. The van der Waals surface area contributed by atoms with E-state index < -0.39 is 5.60 Å². The van der Waals surface area contributed by atoms with Crippen molar-refractivity contribution in [2.75, 3.05) is 23.7 Å². The van der Waals surface area contributed by atoms with E-state index in [1.54, 1.807) is 17.0 Å². The first kappa shape index (κ1) is 20.1. The number of carbonyl (C=O) groups is 1.